The molecule has 0 unspecified atom stereocenters. The van der Waals surface area contributed by atoms with E-state index in [1.165, 1.54) is 7.11 Å². The van der Waals surface area contributed by atoms with Gasteiger partial charge in [-0.05, 0) is 0 Å². The highest BCUT2D eigenvalue weighted by Crippen LogP contribution is 2.63. The van der Waals surface area contributed by atoms with Crippen molar-refractivity contribution in [1.82, 2.24) is 10.6 Å². The van der Waals surface area contributed by atoms with Crippen molar-refractivity contribution < 1.29 is 42.5 Å². The monoisotopic (exact) mass is 554 g/mol. The van der Waals surface area contributed by atoms with E-state index in [2.05, 4.69) is 15.4 Å². The molecule has 0 bridgehead atoms. The van der Waals surface area contributed by atoms with Crippen molar-refractivity contribution in [3.8, 4) is 0 Å². The molecule has 180 valence electrons. The number of methoxy groups -OCH3 is 1. The van der Waals surface area contributed by atoms with Gasteiger partial charge in [-0.2, -0.15) is 13.2 Å². The van der Waals surface area contributed by atoms with Gasteiger partial charge in [0.2, 0.25) is 0 Å². The van der Waals surface area contributed by atoms with Crippen LogP contribution in [0.4, 0.5) is 13.2 Å². The SMILES string of the molecule is COC(=O)[C@H]1NC[C@H]2[C@@H]1C2(Cl)Cl.Cl.O=C(O)C(F)(F)F.O=C(O)[C@H]1NC[C@H]2[C@@H]1C2(Cl)Cl. The topological polar surface area (TPSA) is 125 Å². The Bertz CT molecular complexity index is 726. The van der Waals surface area contributed by atoms with Crippen molar-refractivity contribution in [2.45, 2.75) is 26.9 Å². The van der Waals surface area contributed by atoms with E-state index in [-0.39, 0.29) is 48.1 Å². The molecule has 16 heteroatoms. The molecule has 0 aromatic rings. The average Bonchev–Trinajstić information content (AvgIpc) is 3.16. The zero-order valence-electron chi connectivity index (χ0n) is 15.5. The molecule has 4 fully saturated rings. The Morgan fingerprint density at radius 3 is 1.52 bits per heavy atom. The van der Waals surface area contributed by atoms with Crippen LogP contribution in [0.1, 0.15) is 0 Å². The maximum atomic E-state index is 11.1. The normalized spacial score (nSPS) is 34.8. The second kappa shape index (κ2) is 9.82. The Labute approximate surface area is 200 Å². The summed E-state index contributed by atoms with van der Waals surface area (Å²) in [5.74, 6) is -3.60. The van der Waals surface area contributed by atoms with Crippen LogP contribution in [0.5, 0.6) is 0 Å². The standard InChI is InChI=1S/C7H9Cl2NO2.C6H7Cl2NO2.C2HF3O2.ClH/c1-12-6(11)5-4-3(2-10-5)7(4,8)9;7-6(8)2-1-9-4(3(2)6)5(10)11;3-2(4,5)1(6)7;/h3-5,10H,2H2,1H3;2-4,9H,1H2,(H,10,11);(H,6,7);1H/t3-,4-,5-;2-,3-,4-;;/m00../s1. The molecular weight excluding hydrogens is 538 g/mol. The lowest BCUT2D eigenvalue weighted by molar-refractivity contribution is -0.192. The minimum Gasteiger partial charge on any atom is -0.480 e. The van der Waals surface area contributed by atoms with Crippen LogP contribution in [0.25, 0.3) is 0 Å². The number of carboxylic acid groups (broad SMARTS) is 2. The first-order chi connectivity index (χ1) is 13.6. The van der Waals surface area contributed by atoms with Crippen molar-refractivity contribution in [2.75, 3.05) is 20.2 Å². The number of alkyl halides is 7. The van der Waals surface area contributed by atoms with E-state index in [1.54, 1.807) is 0 Å². The van der Waals surface area contributed by atoms with E-state index in [9.17, 15) is 22.8 Å². The number of carbonyl (C=O) groups excluding carboxylic acids is 1. The highest BCUT2D eigenvalue weighted by Gasteiger charge is 2.71. The van der Waals surface area contributed by atoms with Crippen molar-refractivity contribution in [3.05, 3.63) is 0 Å². The molecule has 0 aromatic heterocycles. The molecule has 31 heavy (non-hydrogen) atoms. The molecule has 0 aromatic carbocycles. The Morgan fingerprint density at radius 1 is 0.935 bits per heavy atom. The minimum absolute atomic E-state index is 0. The maximum Gasteiger partial charge on any atom is 0.490 e. The van der Waals surface area contributed by atoms with Gasteiger partial charge in [-0.3, -0.25) is 9.59 Å². The van der Waals surface area contributed by atoms with Crippen LogP contribution >= 0.6 is 58.8 Å². The van der Waals surface area contributed by atoms with Crippen LogP contribution in [0.2, 0.25) is 0 Å². The lowest BCUT2D eigenvalue weighted by atomic mass is 10.2. The molecule has 0 amide bonds. The van der Waals surface area contributed by atoms with Crippen molar-refractivity contribution in [1.29, 1.82) is 0 Å². The zero-order chi connectivity index (χ0) is 23.2. The first kappa shape index (κ1) is 28.6. The molecule has 2 aliphatic carbocycles. The molecular formula is C15H18Cl5F3N2O6. The Morgan fingerprint density at radius 2 is 1.29 bits per heavy atom. The zero-order valence-corrected chi connectivity index (χ0v) is 19.3. The number of nitrogens with one attached hydrogen (secondary N) is 2. The fourth-order valence-corrected chi connectivity index (χ4v) is 5.34. The summed E-state index contributed by atoms with van der Waals surface area (Å²) < 4.78 is 34.9. The van der Waals surface area contributed by atoms with Gasteiger partial charge in [0.1, 0.15) is 20.8 Å². The number of hydrogen-bond acceptors (Lipinski definition) is 6. The molecule has 4 N–H and O–H groups in total. The number of carboxylic acids is 2. The number of esters is 1. The smallest absolute Gasteiger partial charge is 0.480 e. The van der Waals surface area contributed by atoms with Gasteiger partial charge in [0.25, 0.3) is 0 Å². The molecule has 8 nitrogen and oxygen atoms in total. The first-order valence-corrected chi connectivity index (χ1v) is 9.92. The second-order valence-corrected chi connectivity index (χ2v) is 9.94. The molecule has 2 aliphatic heterocycles. The van der Waals surface area contributed by atoms with E-state index in [1.807, 2.05) is 0 Å². The molecule has 0 radical (unpaired) electrons. The van der Waals surface area contributed by atoms with Gasteiger partial charge in [0.15, 0.2) is 0 Å². The van der Waals surface area contributed by atoms with E-state index in [0.29, 0.717) is 13.1 Å². The molecule has 6 atom stereocenters. The van der Waals surface area contributed by atoms with Crippen LogP contribution in [0, 0.1) is 23.7 Å². The predicted molar refractivity (Wildman–Crippen MR) is 107 cm³/mol. The summed E-state index contributed by atoms with van der Waals surface area (Å²) in [6, 6.07) is -0.856. The summed E-state index contributed by atoms with van der Waals surface area (Å²) in [4.78, 5) is 30.6. The van der Waals surface area contributed by atoms with Gasteiger partial charge in [-0.1, -0.05) is 0 Å². The van der Waals surface area contributed by atoms with Gasteiger partial charge < -0.3 is 25.6 Å². The fourth-order valence-electron chi connectivity index (χ4n) is 3.63. The lowest BCUT2D eigenvalue weighted by Gasteiger charge is -2.13. The number of piperidine rings is 2. The molecule has 0 spiro atoms. The van der Waals surface area contributed by atoms with Crippen LogP contribution in [0.3, 0.4) is 0 Å². The number of rotatable bonds is 2. The Hall–Kier alpha value is -0.430. The summed E-state index contributed by atoms with van der Waals surface area (Å²) in [6.07, 6.45) is -5.08. The van der Waals surface area contributed by atoms with E-state index in [4.69, 9.17) is 61.4 Å². The summed E-state index contributed by atoms with van der Waals surface area (Å²) in [5, 5.41) is 21.6. The number of hydrogen-bond donors (Lipinski definition) is 4. The van der Waals surface area contributed by atoms with E-state index < -0.39 is 32.8 Å². The van der Waals surface area contributed by atoms with Crippen LogP contribution < -0.4 is 10.6 Å². The van der Waals surface area contributed by atoms with Crippen LogP contribution in [0.15, 0.2) is 0 Å². The Kier molecular flexibility index (Phi) is 9.06. The van der Waals surface area contributed by atoms with Crippen molar-refractivity contribution >= 4 is 76.7 Å². The molecule has 2 saturated heterocycles. The summed E-state index contributed by atoms with van der Waals surface area (Å²) in [5.41, 5.74) is 0. The van der Waals surface area contributed by atoms with Crippen LogP contribution in [-0.4, -0.2) is 75.2 Å². The fraction of sp³-hybridized carbons (Fsp3) is 0.800. The summed E-state index contributed by atoms with van der Waals surface area (Å²) >= 11 is 23.5. The van der Waals surface area contributed by atoms with Gasteiger partial charge in [-0.15, -0.1) is 58.8 Å². The van der Waals surface area contributed by atoms with Gasteiger partial charge in [0.05, 0.1) is 7.11 Å². The molecule has 4 aliphatic rings. The van der Waals surface area contributed by atoms with E-state index in [0.717, 1.165) is 0 Å². The van der Waals surface area contributed by atoms with Gasteiger partial charge in [0, 0.05) is 36.8 Å². The minimum atomic E-state index is -5.08. The third-order valence-electron chi connectivity index (χ3n) is 5.32. The largest absolute Gasteiger partial charge is 0.490 e. The second-order valence-electron chi connectivity index (χ2n) is 7.05. The summed E-state index contributed by atoms with van der Waals surface area (Å²) in [6.45, 7) is 1.33. The van der Waals surface area contributed by atoms with Gasteiger partial charge >= 0.3 is 24.1 Å². The highest BCUT2D eigenvalue weighted by atomic mass is 35.5. The number of fused-ring (bicyclic) bond motifs is 2. The quantitative estimate of drug-likeness (QED) is 0.301. The average molecular weight is 557 g/mol. The molecule has 2 saturated carbocycles. The predicted octanol–water partition coefficient (Wildman–Crippen LogP) is 2.07. The number of ether oxygens (including phenoxy) is 1. The Balaban J connectivity index is 0.000000238. The maximum absolute atomic E-state index is 11.1. The highest BCUT2D eigenvalue weighted by molar-refractivity contribution is 6.52. The van der Waals surface area contributed by atoms with Crippen molar-refractivity contribution in [3.63, 3.8) is 0 Å². The number of aliphatic carboxylic acids is 2. The first-order valence-electron chi connectivity index (χ1n) is 8.41. The van der Waals surface area contributed by atoms with Gasteiger partial charge in [-0.25, -0.2) is 4.79 Å². The third-order valence-corrected chi connectivity index (χ3v) is 7.45. The third kappa shape index (κ3) is 5.93. The summed E-state index contributed by atoms with van der Waals surface area (Å²) in [7, 11) is 1.36. The number of halogens is 8. The number of carbonyl (C=O) groups is 3. The van der Waals surface area contributed by atoms with Crippen LogP contribution in [-0.2, 0) is 19.1 Å². The molecule has 4 rings (SSSR count). The lowest BCUT2D eigenvalue weighted by Crippen LogP contribution is -2.38. The molecule has 2 heterocycles. The van der Waals surface area contributed by atoms with E-state index >= 15 is 0 Å². The van der Waals surface area contributed by atoms with Crippen molar-refractivity contribution in [2.24, 2.45) is 23.7 Å².